The van der Waals surface area contributed by atoms with Gasteiger partial charge in [0.25, 0.3) is 0 Å². The molecule has 5 heteroatoms. The van der Waals surface area contributed by atoms with Gasteiger partial charge in [0.1, 0.15) is 5.82 Å². The summed E-state index contributed by atoms with van der Waals surface area (Å²) in [7, 11) is 1.65. The van der Waals surface area contributed by atoms with Gasteiger partial charge in [-0.25, -0.2) is 4.98 Å². The van der Waals surface area contributed by atoms with Gasteiger partial charge < -0.3 is 9.80 Å². The fourth-order valence-electron chi connectivity index (χ4n) is 3.43. The number of hydroxylamine groups is 1. The molecule has 0 bridgehead atoms. The summed E-state index contributed by atoms with van der Waals surface area (Å²) in [5.41, 5.74) is 5.13. The topological polar surface area (TPSA) is 40.6 Å². The molecule has 1 aromatic heterocycles. The second-order valence-electron chi connectivity index (χ2n) is 6.62. The summed E-state index contributed by atoms with van der Waals surface area (Å²) in [6, 6.07) is 20.9. The Kier molecular flexibility index (Phi) is 5.21. The summed E-state index contributed by atoms with van der Waals surface area (Å²) in [4.78, 5) is 14.3. The van der Waals surface area contributed by atoms with E-state index in [0.29, 0.717) is 0 Å². The van der Waals surface area contributed by atoms with Crippen LogP contribution in [0.3, 0.4) is 0 Å². The highest BCUT2D eigenvalue weighted by atomic mass is 16.6. The monoisotopic (exact) mass is 360 g/mol. The Labute approximate surface area is 159 Å². The van der Waals surface area contributed by atoms with Crippen molar-refractivity contribution in [3.8, 4) is 0 Å². The first kappa shape index (κ1) is 17.4. The van der Waals surface area contributed by atoms with E-state index in [9.17, 15) is 0 Å². The molecule has 0 amide bonds. The molecule has 138 valence electrons. The minimum Gasteiger partial charge on any atom is -0.372 e. The van der Waals surface area contributed by atoms with Crippen LogP contribution in [0.25, 0.3) is 16.5 Å². The zero-order chi connectivity index (χ0) is 18.5. The largest absolute Gasteiger partial charge is 0.372 e. The lowest BCUT2D eigenvalue weighted by molar-refractivity contribution is 0.135. The number of piperazine rings is 1. The van der Waals surface area contributed by atoms with E-state index in [0.717, 1.165) is 43.3 Å². The van der Waals surface area contributed by atoms with E-state index in [2.05, 4.69) is 75.0 Å². The number of aromatic nitrogens is 1. The normalized spacial score (nSPS) is 15.2. The first-order valence-corrected chi connectivity index (χ1v) is 9.23. The molecular formula is C22H24N4O. The van der Waals surface area contributed by atoms with Crippen LogP contribution in [0, 0.1) is 0 Å². The van der Waals surface area contributed by atoms with E-state index in [1.54, 1.807) is 7.11 Å². The van der Waals surface area contributed by atoms with E-state index >= 15 is 0 Å². The number of anilines is 1. The summed E-state index contributed by atoms with van der Waals surface area (Å²) in [6.07, 6.45) is 4.01. The number of fused-ring (bicyclic) bond motifs is 1. The first-order valence-electron chi connectivity index (χ1n) is 9.23. The van der Waals surface area contributed by atoms with Crippen LogP contribution in [0.4, 0.5) is 5.82 Å². The Morgan fingerprint density at radius 2 is 1.74 bits per heavy atom. The Morgan fingerprint density at radius 3 is 2.48 bits per heavy atom. The maximum Gasteiger partial charge on any atom is 0.128 e. The molecule has 2 aromatic carbocycles. The van der Waals surface area contributed by atoms with Crippen molar-refractivity contribution in [2.75, 3.05) is 38.2 Å². The third kappa shape index (κ3) is 4.04. The van der Waals surface area contributed by atoms with Crippen LogP contribution in [-0.2, 0) is 4.84 Å². The second-order valence-corrected chi connectivity index (χ2v) is 6.62. The minimum atomic E-state index is 0.944. The van der Waals surface area contributed by atoms with Crippen molar-refractivity contribution < 1.29 is 4.84 Å². The van der Waals surface area contributed by atoms with Crippen LogP contribution in [-0.4, -0.2) is 43.2 Å². The number of pyridine rings is 1. The van der Waals surface area contributed by atoms with E-state index in [1.165, 1.54) is 10.8 Å². The van der Waals surface area contributed by atoms with E-state index in [-0.39, 0.29) is 0 Å². The summed E-state index contributed by atoms with van der Waals surface area (Å²) < 4.78 is 0. The third-order valence-corrected chi connectivity index (χ3v) is 4.87. The highest BCUT2D eigenvalue weighted by Crippen LogP contribution is 2.21. The van der Waals surface area contributed by atoms with Crippen molar-refractivity contribution in [1.29, 1.82) is 0 Å². The molecule has 1 aliphatic heterocycles. The Bertz CT molecular complexity index is 918. The van der Waals surface area contributed by atoms with Crippen molar-refractivity contribution in [2.45, 2.75) is 0 Å². The van der Waals surface area contributed by atoms with Crippen molar-refractivity contribution in [3.63, 3.8) is 0 Å². The predicted molar refractivity (Wildman–Crippen MR) is 110 cm³/mol. The smallest absolute Gasteiger partial charge is 0.128 e. The molecule has 0 aliphatic carbocycles. The van der Waals surface area contributed by atoms with Gasteiger partial charge in [-0.2, -0.15) is 0 Å². The van der Waals surface area contributed by atoms with Gasteiger partial charge in [-0.3, -0.25) is 10.3 Å². The number of benzene rings is 2. The predicted octanol–water partition coefficient (Wildman–Crippen LogP) is 3.51. The quantitative estimate of drug-likeness (QED) is 0.705. The van der Waals surface area contributed by atoms with Crippen molar-refractivity contribution >= 4 is 22.3 Å². The highest BCUT2D eigenvalue weighted by molar-refractivity contribution is 5.85. The van der Waals surface area contributed by atoms with Crippen LogP contribution in [0.15, 0.2) is 73.1 Å². The molecular weight excluding hydrogens is 336 g/mol. The van der Waals surface area contributed by atoms with E-state index in [4.69, 9.17) is 4.84 Å². The molecule has 0 unspecified atom stereocenters. The van der Waals surface area contributed by atoms with E-state index < -0.39 is 0 Å². The average Bonchev–Trinajstić information content (AvgIpc) is 2.74. The molecule has 1 saturated heterocycles. The highest BCUT2D eigenvalue weighted by Gasteiger charge is 2.16. The summed E-state index contributed by atoms with van der Waals surface area (Å²) in [5.74, 6) is 1.05. The van der Waals surface area contributed by atoms with Crippen LogP contribution in [0.5, 0.6) is 0 Å². The Morgan fingerprint density at radius 1 is 0.963 bits per heavy atom. The van der Waals surface area contributed by atoms with Gasteiger partial charge in [0.2, 0.25) is 0 Å². The second kappa shape index (κ2) is 8.10. The van der Waals surface area contributed by atoms with Crippen LogP contribution in [0.2, 0.25) is 0 Å². The SMILES string of the molecule is CONC(=CN1CCN(c2ccccn2)CC1)c1ccc2ccccc2c1. The maximum atomic E-state index is 5.24. The molecule has 4 rings (SSSR count). The molecule has 5 nitrogen and oxygen atoms in total. The van der Waals surface area contributed by atoms with Crippen LogP contribution in [0.1, 0.15) is 5.56 Å². The Hall–Kier alpha value is -3.05. The van der Waals surface area contributed by atoms with Gasteiger partial charge >= 0.3 is 0 Å². The molecule has 3 aromatic rings. The van der Waals surface area contributed by atoms with Gasteiger partial charge in [-0.05, 0) is 29.0 Å². The molecule has 2 heterocycles. The van der Waals surface area contributed by atoms with Crippen molar-refractivity contribution in [2.24, 2.45) is 0 Å². The van der Waals surface area contributed by atoms with Crippen molar-refractivity contribution in [1.82, 2.24) is 15.4 Å². The minimum absolute atomic E-state index is 0.944. The lowest BCUT2D eigenvalue weighted by Gasteiger charge is -2.35. The van der Waals surface area contributed by atoms with Gasteiger partial charge in [-0.15, -0.1) is 0 Å². The average molecular weight is 360 g/mol. The lowest BCUT2D eigenvalue weighted by Crippen LogP contribution is -2.44. The number of rotatable bonds is 5. The van der Waals surface area contributed by atoms with Gasteiger partial charge in [-0.1, -0.05) is 42.5 Å². The van der Waals surface area contributed by atoms with E-state index in [1.807, 2.05) is 18.3 Å². The zero-order valence-electron chi connectivity index (χ0n) is 15.5. The third-order valence-electron chi connectivity index (χ3n) is 4.87. The number of nitrogens with one attached hydrogen (secondary N) is 1. The zero-order valence-corrected chi connectivity index (χ0v) is 15.5. The van der Waals surface area contributed by atoms with Crippen LogP contribution < -0.4 is 10.4 Å². The lowest BCUT2D eigenvalue weighted by atomic mass is 10.1. The maximum absolute atomic E-state index is 5.24. The molecule has 1 N–H and O–H groups in total. The summed E-state index contributed by atoms with van der Waals surface area (Å²) in [5, 5.41) is 2.46. The summed E-state index contributed by atoms with van der Waals surface area (Å²) >= 11 is 0. The molecule has 27 heavy (non-hydrogen) atoms. The van der Waals surface area contributed by atoms with Crippen molar-refractivity contribution in [3.05, 3.63) is 78.6 Å². The van der Waals surface area contributed by atoms with Crippen LogP contribution >= 0.6 is 0 Å². The number of nitrogens with zero attached hydrogens (tertiary/aromatic N) is 3. The van der Waals surface area contributed by atoms with Gasteiger partial charge in [0.15, 0.2) is 0 Å². The molecule has 0 radical (unpaired) electrons. The summed E-state index contributed by atoms with van der Waals surface area (Å²) in [6.45, 7) is 3.79. The van der Waals surface area contributed by atoms with Gasteiger partial charge in [0.05, 0.1) is 12.8 Å². The fraction of sp³-hybridized carbons (Fsp3) is 0.227. The molecule has 0 saturated carbocycles. The van der Waals surface area contributed by atoms with Gasteiger partial charge in [0, 0.05) is 44.1 Å². The fourth-order valence-corrected chi connectivity index (χ4v) is 3.43. The number of hydrogen-bond acceptors (Lipinski definition) is 5. The number of hydrogen-bond donors (Lipinski definition) is 1. The first-order chi connectivity index (χ1) is 13.3. The molecule has 1 aliphatic rings. The Balaban J connectivity index is 1.51. The standard InChI is InChI=1S/C22H24N4O/c1-27-24-21(20-10-9-18-6-2-3-7-19(18)16-20)17-25-12-14-26(15-13-25)22-8-4-5-11-23-22/h2-11,16-17,24H,12-15H2,1H3. The molecule has 1 fully saturated rings. The molecule has 0 atom stereocenters. The molecule has 0 spiro atoms.